The molecular formula is C50H52N6O8S2. The van der Waals surface area contributed by atoms with Gasteiger partial charge in [-0.2, -0.15) is 0 Å². The Bertz CT molecular complexity index is 2680. The van der Waals surface area contributed by atoms with E-state index < -0.39 is 20.2 Å². The molecule has 0 radical (unpaired) electrons. The summed E-state index contributed by atoms with van der Waals surface area (Å²) in [5, 5.41) is 12.6. The first kappa shape index (κ1) is 49.8. The summed E-state index contributed by atoms with van der Waals surface area (Å²) in [6.45, 7) is 9.93. The molecule has 0 atom stereocenters. The summed E-state index contributed by atoms with van der Waals surface area (Å²) < 4.78 is 66.6. The predicted molar refractivity (Wildman–Crippen MR) is 254 cm³/mol. The van der Waals surface area contributed by atoms with Crippen LogP contribution in [0.25, 0.3) is 0 Å². The van der Waals surface area contributed by atoms with Crippen LogP contribution in [0.1, 0.15) is 58.5 Å². The van der Waals surface area contributed by atoms with Crippen molar-refractivity contribution >= 4 is 66.2 Å². The zero-order valence-electron chi connectivity index (χ0n) is 37.0. The third-order valence-electron chi connectivity index (χ3n) is 9.64. The number of nitrogens with zero attached hydrogens (tertiary/aromatic N) is 2. The Hall–Kier alpha value is -7.24. The standard InChI is InChI=1S/C36H36N6O2.2C7H8O3S/c1-3-21-41-23-17-33(18-24-41)37-29-9-13-31(14-10-29)39-35(43)27-5-7-28(8-6-27)36(44)40-32-15-11-30(12-16-32)38-34-19-25-42(22-4-2)26-20-34;2*1-6-2-4-7(5-3-6)11(8,9)10/h5-20,23-26H,3-4,21-22H2,1-2H3,(H2,39,40,43,44);2*2-5H,1H3,(H,8,9,10). The molecule has 16 heteroatoms. The van der Waals surface area contributed by atoms with E-state index >= 15 is 0 Å². The van der Waals surface area contributed by atoms with Gasteiger partial charge in [0.05, 0.1) is 21.2 Å². The van der Waals surface area contributed by atoms with Crippen molar-refractivity contribution in [2.45, 2.75) is 63.4 Å². The summed E-state index contributed by atoms with van der Waals surface area (Å²) in [4.78, 5) is 25.3. The van der Waals surface area contributed by atoms with E-state index in [0.29, 0.717) is 22.5 Å². The first-order valence-electron chi connectivity index (χ1n) is 21.0. The quantitative estimate of drug-likeness (QED) is 0.0602. The third kappa shape index (κ3) is 16.1. The van der Waals surface area contributed by atoms with Crippen LogP contribution >= 0.6 is 0 Å². The topological polar surface area (TPSA) is 204 Å². The number of carbonyl (C=O) groups excluding carboxylic acids is 2. The second-order valence-electron chi connectivity index (χ2n) is 15.1. The molecule has 0 aliphatic carbocycles. The number of hydrogen-bond donors (Lipinski definition) is 4. The summed E-state index contributed by atoms with van der Waals surface area (Å²) in [6.07, 6.45) is 10.4. The van der Waals surface area contributed by atoms with Gasteiger partial charge < -0.3 is 30.4 Å². The van der Waals surface area contributed by atoms with Crippen LogP contribution in [-0.2, 0) is 33.3 Å². The normalized spacial score (nSPS) is 10.9. The fourth-order valence-corrected chi connectivity index (χ4v) is 7.03. The van der Waals surface area contributed by atoms with Gasteiger partial charge in [-0.1, -0.05) is 49.2 Å². The monoisotopic (exact) mass is 928 g/mol. The van der Waals surface area contributed by atoms with Gasteiger partial charge >= 0.3 is 0 Å². The molecule has 7 rings (SSSR count). The Morgan fingerprint density at radius 3 is 0.970 bits per heavy atom. The lowest BCUT2D eigenvalue weighted by Gasteiger charge is -2.10. The third-order valence-corrected chi connectivity index (χ3v) is 11.3. The van der Waals surface area contributed by atoms with Crippen LogP contribution in [0.4, 0.5) is 34.1 Å². The number of rotatable bonds is 14. The lowest BCUT2D eigenvalue weighted by atomic mass is 10.1. The molecule has 0 aliphatic rings. The van der Waals surface area contributed by atoms with Gasteiger partial charge in [0, 0.05) is 71.0 Å². The number of aromatic nitrogens is 2. The SMILES string of the molecule is CCC[n+]1ccc(Nc2ccc(NC(=O)c3ccc(C(=O)Nc4ccc(Nc5cc[n+](CCC)cc5)cc4)cc3)cc2)cc1.Cc1ccc(S(=O)(=O)[O-])cc1.Cc1ccc(S(=O)(=O)[O-])cc1. The Kier molecular flexibility index (Phi) is 17.8. The van der Waals surface area contributed by atoms with Gasteiger partial charge in [-0.3, -0.25) is 9.59 Å². The second kappa shape index (κ2) is 23.6. The molecule has 5 aromatic carbocycles. The van der Waals surface area contributed by atoms with Crippen LogP contribution in [-0.4, -0.2) is 37.8 Å². The Morgan fingerprint density at radius 2 is 0.697 bits per heavy atom. The van der Waals surface area contributed by atoms with Crippen molar-refractivity contribution in [1.82, 2.24) is 0 Å². The maximum atomic E-state index is 12.8. The van der Waals surface area contributed by atoms with E-state index in [1.807, 2.05) is 86.6 Å². The van der Waals surface area contributed by atoms with E-state index in [2.05, 4.69) is 69.0 Å². The van der Waals surface area contributed by atoms with Crippen LogP contribution in [0.15, 0.2) is 180 Å². The van der Waals surface area contributed by atoms with Crippen molar-refractivity contribution in [3.63, 3.8) is 0 Å². The molecule has 2 amide bonds. The van der Waals surface area contributed by atoms with E-state index in [9.17, 15) is 35.5 Å². The number of nitrogens with one attached hydrogen (secondary N) is 4. The zero-order valence-corrected chi connectivity index (χ0v) is 38.6. The van der Waals surface area contributed by atoms with Gasteiger partial charge in [-0.15, -0.1) is 0 Å². The molecule has 0 saturated heterocycles. The zero-order chi connectivity index (χ0) is 47.7. The number of hydrogen-bond acceptors (Lipinski definition) is 10. The van der Waals surface area contributed by atoms with E-state index in [1.54, 1.807) is 48.5 Å². The first-order valence-corrected chi connectivity index (χ1v) is 23.8. The molecule has 0 fully saturated rings. The van der Waals surface area contributed by atoms with E-state index in [1.165, 1.54) is 24.3 Å². The van der Waals surface area contributed by atoms with Gasteiger partial charge in [-0.25, -0.2) is 26.0 Å². The maximum absolute atomic E-state index is 12.8. The smallest absolute Gasteiger partial charge is 0.255 e. The number of amides is 2. The molecule has 66 heavy (non-hydrogen) atoms. The molecule has 2 heterocycles. The van der Waals surface area contributed by atoms with Crippen molar-refractivity contribution in [1.29, 1.82) is 0 Å². The number of carbonyl (C=O) groups is 2. The highest BCUT2D eigenvalue weighted by Crippen LogP contribution is 2.21. The largest absolute Gasteiger partial charge is 0.744 e. The lowest BCUT2D eigenvalue weighted by molar-refractivity contribution is -0.697. The van der Waals surface area contributed by atoms with Gasteiger partial charge in [0.1, 0.15) is 33.3 Å². The molecular weight excluding hydrogens is 877 g/mol. The van der Waals surface area contributed by atoms with Crippen LogP contribution in [0.3, 0.4) is 0 Å². The lowest BCUT2D eigenvalue weighted by Crippen LogP contribution is -2.31. The van der Waals surface area contributed by atoms with Crippen LogP contribution in [0, 0.1) is 13.8 Å². The second-order valence-corrected chi connectivity index (χ2v) is 17.8. The highest BCUT2D eigenvalue weighted by atomic mass is 32.2. The highest BCUT2D eigenvalue weighted by molar-refractivity contribution is 7.86. The predicted octanol–water partition coefficient (Wildman–Crippen LogP) is 8.87. The van der Waals surface area contributed by atoms with Crippen LogP contribution in [0.5, 0.6) is 0 Å². The molecule has 14 nitrogen and oxygen atoms in total. The number of pyridine rings is 2. The van der Waals surface area contributed by atoms with Crippen molar-refractivity contribution in [3.8, 4) is 0 Å². The molecule has 2 aromatic heterocycles. The fourth-order valence-electron chi connectivity index (χ4n) is 6.09. The minimum atomic E-state index is -4.27. The fraction of sp³-hybridized carbons (Fsp3) is 0.160. The van der Waals surface area contributed by atoms with Crippen LogP contribution < -0.4 is 30.4 Å². The summed E-state index contributed by atoms with van der Waals surface area (Å²) in [5.41, 5.74) is 7.99. The summed E-state index contributed by atoms with van der Waals surface area (Å²) in [5.74, 6) is -0.495. The summed E-state index contributed by atoms with van der Waals surface area (Å²) >= 11 is 0. The molecule has 0 saturated carbocycles. The number of aryl methyl sites for hydroxylation is 4. The van der Waals surface area contributed by atoms with E-state index in [0.717, 1.165) is 59.8 Å². The Balaban J connectivity index is 0.000000301. The van der Waals surface area contributed by atoms with Crippen molar-refractivity contribution in [2.75, 3.05) is 21.3 Å². The molecule has 0 spiro atoms. The van der Waals surface area contributed by atoms with Crippen molar-refractivity contribution < 1.29 is 44.7 Å². The molecule has 7 aromatic rings. The van der Waals surface area contributed by atoms with Gasteiger partial charge in [0.2, 0.25) is 0 Å². The van der Waals surface area contributed by atoms with Gasteiger partial charge in [0.25, 0.3) is 11.8 Å². The number of benzene rings is 5. The molecule has 342 valence electrons. The number of anilines is 6. The molecule has 0 unspecified atom stereocenters. The van der Waals surface area contributed by atoms with Crippen LogP contribution in [0.2, 0.25) is 0 Å². The van der Waals surface area contributed by atoms with E-state index in [4.69, 9.17) is 0 Å². The highest BCUT2D eigenvalue weighted by Gasteiger charge is 2.11. The first-order chi connectivity index (χ1) is 31.5. The molecule has 4 N–H and O–H groups in total. The Morgan fingerprint density at radius 1 is 0.424 bits per heavy atom. The average Bonchev–Trinajstić information content (AvgIpc) is 3.29. The average molecular weight is 929 g/mol. The molecule has 0 bridgehead atoms. The van der Waals surface area contributed by atoms with Gasteiger partial charge in [-0.05, 0) is 111 Å². The summed E-state index contributed by atoms with van der Waals surface area (Å²) in [7, 11) is -8.54. The minimum Gasteiger partial charge on any atom is -0.744 e. The Labute approximate surface area is 386 Å². The van der Waals surface area contributed by atoms with Gasteiger partial charge in [0.15, 0.2) is 24.8 Å². The van der Waals surface area contributed by atoms with Crippen molar-refractivity contribution in [3.05, 3.63) is 193 Å². The minimum absolute atomic E-state index is 0.178. The summed E-state index contributed by atoms with van der Waals surface area (Å²) in [6, 6.07) is 41.4. The maximum Gasteiger partial charge on any atom is 0.255 e. The van der Waals surface area contributed by atoms with Crippen molar-refractivity contribution in [2.24, 2.45) is 0 Å². The van der Waals surface area contributed by atoms with E-state index in [-0.39, 0.29) is 21.6 Å². The molecule has 0 aliphatic heterocycles.